The summed E-state index contributed by atoms with van der Waals surface area (Å²) in [5.41, 5.74) is 9.01. The van der Waals surface area contributed by atoms with Gasteiger partial charge in [0.1, 0.15) is 11.6 Å². The predicted octanol–water partition coefficient (Wildman–Crippen LogP) is 5.11. The topological polar surface area (TPSA) is 35.2 Å². The van der Waals surface area contributed by atoms with Crippen LogP contribution >= 0.6 is 0 Å². The Morgan fingerprint density at radius 1 is 0.952 bits per heavy atom. The van der Waals surface area contributed by atoms with E-state index >= 15 is 0 Å². The summed E-state index contributed by atoms with van der Waals surface area (Å²) >= 11 is 0. The number of rotatable bonds is 2. The van der Waals surface area contributed by atoms with Crippen LogP contribution in [-0.2, 0) is 5.41 Å². The van der Waals surface area contributed by atoms with E-state index in [9.17, 15) is 4.39 Å². The van der Waals surface area contributed by atoms with Crippen LogP contribution in [0.5, 0.6) is 11.5 Å². The van der Waals surface area contributed by atoms with E-state index in [0.717, 1.165) is 11.3 Å². The minimum Gasteiger partial charge on any atom is -0.455 e. The molecule has 0 aromatic heterocycles. The molecule has 2 aromatic rings. The average molecular weight is 287 g/mol. The molecule has 0 aliphatic heterocycles. The van der Waals surface area contributed by atoms with E-state index in [1.807, 2.05) is 13.0 Å². The van der Waals surface area contributed by atoms with Crippen LogP contribution in [0.4, 0.5) is 10.1 Å². The van der Waals surface area contributed by atoms with Crippen molar-refractivity contribution < 1.29 is 9.13 Å². The van der Waals surface area contributed by atoms with Crippen LogP contribution in [0.25, 0.3) is 0 Å². The third kappa shape index (κ3) is 3.35. The van der Waals surface area contributed by atoms with Gasteiger partial charge in [0, 0.05) is 6.07 Å². The number of hydrogen-bond donors (Lipinski definition) is 1. The van der Waals surface area contributed by atoms with Crippen molar-refractivity contribution in [2.45, 2.75) is 40.0 Å². The van der Waals surface area contributed by atoms with Crippen LogP contribution < -0.4 is 10.5 Å². The number of aryl methyl sites for hydroxylation is 2. The van der Waals surface area contributed by atoms with Crippen LogP contribution in [0, 0.1) is 19.7 Å². The standard InChI is InChI=1S/C18H22FNO/c1-11-9-17(15(20)10-14(11)19)21-16-7-6-13(8-12(16)2)18(3,4)5/h6-10H,20H2,1-5H3. The minimum atomic E-state index is -0.320. The van der Waals surface area contributed by atoms with Gasteiger partial charge in [0.05, 0.1) is 5.69 Å². The number of benzene rings is 2. The van der Waals surface area contributed by atoms with Crippen molar-refractivity contribution in [1.82, 2.24) is 0 Å². The van der Waals surface area contributed by atoms with E-state index in [4.69, 9.17) is 10.5 Å². The second kappa shape index (κ2) is 5.40. The highest BCUT2D eigenvalue weighted by molar-refractivity contribution is 5.56. The number of nitrogens with two attached hydrogens (primary N) is 1. The fourth-order valence-electron chi connectivity index (χ4n) is 2.11. The van der Waals surface area contributed by atoms with Gasteiger partial charge in [-0.25, -0.2) is 4.39 Å². The quantitative estimate of drug-likeness (QED) is 0.778. The monoisotopic (exact) mass is 287 g/mol. The Balaban J connectivity index is 2.35. The molecular formula is C18H22FNO. The van der Waals surface area contributed by atoms with E-state index in [1.54, 1.807) is 13.0 Å². The maximum Gasteiger partial charge on any atom is 0.150 e. The van der Waals surface area contributed by atoms with E-state index < -0.39 is 0 Å². The maximum absolute atomic E-state index is 13.4. The molecule has 2 nitrogen and oxygen atoms in total. The number of ether oxygens (including phenoxy) is 1. The van der Waals surface area contributed by atoms with Crippen molar-refractivity contribution in [2.24, 2.45) is 0 Å². The first-order valence-corrected chi connectivity index (χ1v) is 7.03. The van der Waals surface area contributed by atoms with E-state index in [1.165, 1.54) is 11.6 Å². The van der Waals surface area contributed by atoms with E-state index in [0.29, 0.717) is 17.0 Å². The summed E-state index contributed by atoms with van der Waals surface area (Å²) in [7, 11) is 0. The Kier molecular flexibility index (Phi) is 3.95. The molecule has 0 fully saturated rings. The van der Waals surface area contributed by atoms with Gasteiger partial charge in [-0.3, -0.25) is 0 Å². The largest absolute Gasteiger partial charge is 0.455 e. The lowest BCUT2D eigenvalue weighted by Crippen LogP contribution is -2.11. The normalized spacial score (nSPS) is 11.5. The van der Waals surface area contributed by atoms with Gasteiger partial charge in [-0.05, 0) is 48.1 Å². The first-order chi connectivity index (χ1) is 9.68. The zero-order chi connectivity index (χ0) is 15.8. The molecule has 0 spiro atoms. The van der Waals surface area contributed by atoms with Crippen LogP contribution in [0.15, 0.2) is 30.3 Å². The molecule has 0 atom stereocenters. The van der Waals surface area contributed by atoms with Crippen molar-refractivity contribution in [1.29, 1.82) is 0 Å². The highest BCUT2D eigenvalue weighted by atomic mass is 19.1. The molecule has 0 aliphatic carbocycles. The Morgan fingerprint density at radius 2 is 1.62 bits per heavy atom. The van der Waals surface area contributed by atoms with Gasteiger partial charge in [0.2, 0.25) is 0 Å². The van der Waals surface area contributed by atoms with Gasteiger partial charge >= 0.3 is 0 Å². The lowest BCUT2D eigenvalue weighted by Gasteiger charge is -2.21. The third-order valence-electron chi connectivity index (χ3n) is 3.55. The Hall–Kier alpha value is -2.03. The molecule has 0 heterocycles. The van der Waals surface area contributed by atoms with Gasteiger partial charge in [-0.1, -0.05) is 32.9 Å². The first-order valence-electron chi connectivity index (χ1n) is 7.03. The van der Waals surface area contributed by atoms with Gasteiger partial charge in [-0.2, -0.15) is 0 Å². The van der Waals surface area contributed by atoms with Gasteiger partial charge in [-0.15, -0.1) is 0 Å². The molecule has 0 aliphatic rings. The molecule has 0 radical (unpaired) electrons. The van der Waals surface area contributed by atoms with Crippen molar-refractivity contribution in [3.8, 4) is 11.5 Å². The molecule has 2 rings (SSSR count). The number of nitrogen functional groups attached to an aromatic ring is 1. The molecule has 0 unspecified atom stereocenters. The van der Waals surface area contributed by atoms with Gasteiger partial charge in [0.25, 0.3) is 0 Å². The molecule has 0 saturated heterocycles. The smallest absolute Gasteiger partial charge is 0.150 e. The second-order valence-corrected chi connectivity index (χ2v) is 6.47. The highest BCUT2D eigenvalue weighted by Gasteiger charge is 2.15. The fraction of sp³-hybridized carbons (Fsp3) is 0.333. The first kappa shape index (κ1) is 15.4. The fourth-order valence-corrected chi connectivity index (χ4v) is 2.11. The van der Waals surface area contributed by atoms with Crippen molar-refractivity contribution in [3.63, 3.8) is 0 Å². The Morgan fingerprint density at radius 3 is 2.19 bits per heavy atom. The van der Waals surface area contributed by atoms with Crippen molar-refractivity contribution in [3.05, 3.63) is 52.8 Å². The van der Waals surface area contributed by atoms with E-state index in [-0.39, 0.29) is 11.2 Å². The van der Waals surface area contributed by atoms with Crippen LogP contribution in [0.1, 0.15) is 37.5 Å². The molecule has 3 heteroatoms. The lowest BCUT2D eigenvalue weighted by atomic mass is 9.86. The highest BCUT2D eigenvalue weighted by Crippen LogP contribution is 2.33. The van der Waals surface area contributed by atoms with Gasteiger partial charge in [0.15, 0.2) is 5.75 Å². The molecular weight excluding hydrogens is 265 g/mol. The minimum absolute atomic E-state index is 0.0920. The Labute approximate surface area is 125 Å². The van der Waals surface area contributed by atoms with Crippen LogP contribution in [0.3, 0.4) is 0 Å². The number of anilines is 1. The third-order valence-corrected chi connectivity index (χ3v) is 3.55. The maximum atomic E-state index is 13.4. The van der Waals surface area contributed by atoms with Crippen LogP contribution in [-0.4, -0.2) is 0 Å². The molecule has 112 valence electrons. The van der Waals surface area contributed by atoms with Crippen molar-refractivity contribution >= 4 is 5.69 Å². The Bertz CT molecular complexity index is 672. The number of halogens is 1. The summed E-state index contributed by atoms with van der Waals surface area (Å²) in [6.45, 7) is 10.2. The molecule has 0 amide bonds. The summed E-state index contributed by atoms with van der Waals surface area (Å²) in [5.74, 6) is 0.904. The van der Waals surface area contributed by atoms with Crippen LogP contribution in [0.2, 0.25) is 0 Å². The average Bonchev–Trinajstić information content (AvgIpc) is 2.36. The summed E-state index contributed by atoms with van der Waals surface area (Å²) in [4.78, 5) is 0. The molecule has 2 N–H and O–H groups in total. The zero-order valence-corrected chi connectivity index (χ0v) is 13.3. The summed E-state index contributed by atoms with van der Waals surface area (Å²) in [5, 5.41) is 0. The molecule has 0 saturated carbocycles. The zero-order valence-electron chi connectivity index (χ0n) is 13.3. The van der Waals surface area contributed by atoms with E-state index in [2.05, 4.69) is 32.9 Å². The molecule has 2 aromatic carbocycles. The SMILES string of the molecule is Cc1cc(Oc2ccc(C(C)(C)C)cc2C)c(N)cc1F. The molecule has 21 heavy (non-hydrogen) atoms. The predicted molar refractivity (Wildman–Crippen MR) is 85.5 cm³/mol. The summed E-state index contributed by atoms with van der Waals surface area (Å²) in [6.07, 6.45) is 0. The molecule has 0 bridgehead atoms. The summed E-state index contributed by atoms with van der Waals surface area (Å²) < 4.78 is 19.3. The van der Waals surface area contributed by atoms with Crippen molar-refractivity contribution in [2.75, 3.05) is 5.73 Å². The number of hydrogen-bond acceptors (Lipinski definition) is 2. The lowest BCUT2D eigenvalue weighted by molar-refractivity contribution is 0.477. The van der Waals surface area contributed by atoms with Gasteiger partial charge < -0.3 is 10.5 Å². The summed E-state index contributed by atoms with van der Waals surface area (Å²) in [6, 6.07) is 9.02. The second-order valence-electron chi connectivity index (χ2n) is 6.47.